The van der Waals surface area contributed by atoms with Crippen LogP contribution in [0, 0.1) is 5.82 Å². The summed E-state index contributed by atoms with van der Waals surface area (Å²) < 4.78 is 15.3. The van der Waals surface area contributed by atoms with Gasteiger partial charge in [0.05, 0.1) is 22.9 Å². The van der Waals surface area contributed by atoms with Crippen molar-refractivity contribution in [2.24, 2.45) is 0 Å². The van der Waals surface area contributed by atoms with Crippen LogP contribution in [0.25, 0.3) is 27.8 Å². The lowest BCUT2D eigenvalue weighted by atomic mass is 10.2. The number of halogens is 1. The Morgan fingerprint density at radius 2 is 1.97 bits per heavy atom. The number of hydrogen-bond acceptors (Lipinski definition) is 7. The minimum atomic E-state index is -0.431. The van der Waals surface area contributed by atoms with Crippen LogP contribution in [0.15, 0.2) is 59.7 Å². The zero-order valence-electron chi connectivity index (χ0n) is 16.2. The zero-order valence-corrected chi connectivity index (χ0v) is 16.2. The molecular weight excluding hydrogens is 399 g/mol. The molecule has 0 spiro atoms. The lowest BCUT2D eigenvalue weighted by Gasteiger charge is -2.14. The number of imidazole rings is 1. The van der Waals surface area contributed by atoms with Crippen LogP contribution in [0.4, 0.5) is 16.2 Å². The van der Waals surface area contributed by atoms with E-state index in [2.05, 4.69) is 30.2 Å². The van der Waals surface area contributed by atoms with Crippen LogP contribution in [0.1, 0.15) is 5.82 Å². The van der Waals surface area contributed by atoms with Crippen molar-refractivity contribution >= 4 is 33.8 Å². The molecular formula is C21H17FN8O. The molecule has 0 saturated heterocycles. The van der Waals surface area contributed by atoms with Gasteiger partial charge in [-0.05, 0) is 30.3 Å². The monoisotopic (exact) mass is 416 g/mol. The molecule has 154 valence electrons. The number of rotatable bonds is 5. The van der Waals surface area contributed by atoms with Gasteiger partial charge in [-0.3, -0.25) is 9.36 Å². The van der Waals surface area contributed by atoms with Gasteiger partial charge in [0, 0.05) is 13.0 Å². The number of aromatic amines is 1. The van der Waals surface area contributed by atoms with Gasteiger partial charge in [-0.1, -0.05) is 18.2 Å². The number of nitrogens with two attached hydrogens (primary N) is 1. The largest absolute Gasteiger partial charge is 0.368 e. The van der Waals surface area contributed by atoms with E-state index in [9.17, 15) is 9.18 Å². The maximum atomic E-state index is 13.9. The Balaban J connectivity index is 1.53. The van der Waals surface area contributed by atoms with Crippen LogP contribution in [0.3, 0.4) is 0 Å². The fourth-order valence-corrected chi connectivity index (χ4v) is 3.50. The Bertz CT molecular complexity index is 1480. The van der Waals surface area contributed by atoms with E-state index in [1.165, 1.54) is 23.0 Å². The predicted octanol–water partition coefficient (Wildman–Crippen LogP) is 2.43. The van der Waals surface area contributed by atoms with Crippen molar-refractivity contribution in [2.45, 2.75) is 6.42 Å². The molecule has 2 aromatic carbocycles. The third-order valence-electron chi connectivity index (χ3n) is 4.85. The molecule has 0 unspecified atom stereocenters. The highest BCUT2D eigenvalue weighted by Crippen LogP contribution is 2.18. The topological polar surface area (TPSA) is 127 Å². The Morgan fingerprint density at radius 1 is 1.10 bits per heavy atom. The second-order valence-corrected chi connectivity index (χ2v) is 6.87. The number of benzene rings is 2. The molecule has 10 heteroatoms. The van der Waals surface area contributed by atoms with Gasteiger partial charge in [-0.15, -0.1) is 0 Å². The van der Waals surface area contributed by atoms with E-state index in [-0.39, 0.29) is 11.5 Å². The third-order valence-corrected chi connectivity index (χ3v) is 4.85. The molecule has 5 rings (SSSR count). The number of para-hydroxylation sites is 1. The minimum absolute atomic E-state index is 0.111. The summed E-state index contributed by atoms with van der Waals surface area (Å²) in [5.41, 5.74) is 7.58. The third kappa shape index (κ3) is 3.44. The first-order valence-electron chi connectivity index (χ1n) is 9.57. The Hall–Kier alpha value is -4.34. The summed E-state index contributed by atoms with van der Waals surface area (Å²) in [6.45, 7) is 0.387. The molecule has 0 aliphatic carbocycles. The van der Waals surface area contributed by atoms with Crippen molar-refractivity contribution in [2.75, 3.05) is 17.6 Å². The molecule has 3 heterocycles. The van der Waals surface area contributed by atoms with E-state index in [0.29, 0.717) is 52.4 Å². The average molecular weight is 416 g/mol. The molecule has 0 bridgehead atoms. The number of fused-ring (bicyclic) bond motifs is 2. The number of nitrogen functional groups attached to an aromatic ring is 1. The molecule has 0 amide bonds. The fraction of sp³-hybridized carbons (Fsp3) is 0.0952. The summed E-state index contributed by atoms with van der Waals surface area (Å²) in [7, 11) is 0. The number of hydrogen-bond donors (Lipinski definition) is 3. The number of nitrogens with zero attached hydrogens (tertiary/aromatic N) is 5. The van der Waals surface area contributed by atoms with Crippen LogP contribution in [0.2, 0.25) is 0 Å². The first kappa shape index (κ1) is 18.7. The van der Waals surface area contributed by atoms with Crippen LogP contribution < -0.4 is 16.6 Å². The molecule has 0 radical (unpaired) electrons. The van der Waals surface area contributed by atoms with E-state index in [4.69, 9.17) is 5.73 Å². The molecule has 9 nitrogen and oxygen atoms in total. The Kier molecular flexibility index (Phi) is 4.51. The molecule has 0 aliphatic rings. The lowest BCUT2D eigenvalue weighted by Crippen LogP contribution is -2.25. The lowest BCUT2D eigenvalue weighted by molar-refractivity contribution is 0.625. The normalized spacial score (nSPS) is 11.3. The summed E-state index contributed by atoms with van der Waals surface area (Å²) in [6.07, 6.45) is 1.88. The molecule has 0 atom stereocenters. The predicted molar refractivity (Wildman–Crippen MR) is 116 cm³/mol. The fourth-order valence-electron chi connectivity index (χ4n) is 3.50. The summed E-state index contributed by atoms with van der Waals surface area (Å²) in [5.74, 6) is 0.644. The van der Waals surface area contributed by atoms with Gasteiger partial charge >= 0.3 is 0 Å². The first-order valence-corrected chi connectivity index (χ1v) is 9.57. The van der Waals surface area contributed by atoms with Gasteiger partial charge in [0.1, 0.15) is 17.2 Å². The first-order chi connectivity index (χ1) is 15.1. The van der Waals surface area contributed by atoms with Crippen LogP contribution >= 0.6 is 0 Å². The maximum absolute atomic E-state index is 13.9. The van der Waals surface area contributed by atoms with Gasteiger partial charge in [0.2, 0.25) is 5.95 Å². The molecule has 0 aliphatic heterocycles. The van der Waals surface area contributed by atoms with Crippen molar-refractivity contribution in [3.63, 3.8) is 0 Å². The standard InChI is InChI=1S/C21H17FN8O/c22-12-4-3-5-13(10-12)30-16(27-15-7-2-1-6-14(15)20(30)31)8-9-24-18-17-19(26-11-25-17)29-21(23)28-18/h1-7,10-11H,8-9H2,(H4,23,24,25,26,28,29). The SMILES string of the molecule is Nc1nc(NCCc2nc3ccccc3c(=O)n2-c2cccc(F)c2)c2nc[nH]c2n1. The second kappa shape index (κ2) is 7.48. The zero-order chi connectivity index (χ0) is 21.4. The van der Waals surface area contributed by atoms with E-state index < -0.39 is 5.82 Å². The highest BCUT2D eigenvalue weighted by Gasteiger charge is 2.14. The minimum Gasteiger partial charge on any atom is -0.368 e. The van der Waals surface area contributed by atoms with Crippen molar-refractivity contribution < 1.29 is 4.39 Å². The van der Waals surface area contributed by atoms with E-state index >= 15 is 0 Å². The van der Waals surface area contributed by atoms with Crippen molar-refractivity contribution in [3.8, 4) is 5.69 Å². The number of aromatic nitrogens is 6. The highest BCUT2D eigenvalue weighted by atomic mass is 19.1. The van der Waals surface area contributed by atoms with Crippen molar-refractivity contribution in [1.82, 2.24) is 29.5 Å². The van der Waals surface area contributed by atoms with Gasteiger partial charge in [0.15, 0.2) is 11.5 Å². The Morgan fingerprint density at radius 3 is 2.84 bits per heavy atom. The smallest absolute Gasteiger partial charge is 0.265 e. The van der Waals surface area contributed by atoms with Gasteiger partial charge in [-0.25, -0.2) is 14.4 Å². The number of H-pyrrole nitrogens is 1. The maximum Gasteiger partial charge on any atom is 0.265 e. The van der Waals surface area contributed by atoms with Gasteiger partial charge in [0.25, 0.3) is 5.56 Å². The number of nitrogens with one attached hydrogen (secondary N) is 2. The summed E-state index contributed by atoms with van der Waals surface area (Å²) in [4.78, 5) is 33.3. The second-order valence-electron chi connectivity index (χ2n) is 6.87. The molecule has 0 fully saturated rings. The van der Waals surface area contributed by atoms with Gasteiger partial charge < -0.3 is 16.0 Å². The van der Waals surface area contributed by atoms with E-state index in [0.717, 1.165) is 0 Å². The summed E-state index contributed by atoms with van der Waals surface area (Å²) in [6, 6.07) is 13.0. The molecule has 0 saturated carbocycles. The van der Waals surface area contributed by atoms with Crippen LogP contribution in [-0.4, -0.2) is 36.0 Å². The quantitative estimate of drug-likeness (QED) is 0.401. The van der Waals surface area contributed by atoms with Crippen molar-refractivity contribution in [3.05, 3.63) is 76.9 Å². The molecule has 31 heavy (non-hydrogen) atoms. The van der Waals surface area contributed by atoms with E-state index in [1.54, 1.807) is 30.3 Å². The molecule has 4 N–H and O–H groups in total. The van der Waals surface area contributed by atoms with Crippen LogP contribution in [-0.2, 0) is 6.42 Å². The average Bonchev–Trinajstić information content (AvgIpc) is 3.22. The summed E-state index contributed by atoms with van der Waals surface area (Å²) in [5, 5.41) is 3.64. The molecule has 3 aromatic heterocycles. The Labute approximate surface area is 174 Å². The van der Waals surface area contributed by atoms with E-state index in [1.807, 2.05) is 6.07 Å². The molecule has 5 aromatic rings. The van der Waals surface area contributed by atoms with Crippen molar-refractivity contribution in [1.29, 1.82) is 0 Å². The van der Waals surface area contributed by atoms with Crippen LogP contribution in [0.5, 0.6) is 0 Å². The highest BCUT2D eigenvalue weighted by molar-refractivity contribution is 5.83. The summed E-state index contributed by atoms with van der Waals surface area (Å²) >= 11 is 0. The number of anilines is 2. The van der Waals surface area contributed by atoms with Gasteiger partial charge in [-0.2, -0.15) is 9.97 Å².